The summed E-state index contributed by atoms with van der Waals surface area (Å²) in [5, 5.41) is 3.33. The molecule has 2 unspecified atom stereocenters. The zero-order chi connectivity index (χ0) is 35.1. The lowest BCUT2D eigenvalue weighted by Crippen LogP contribution is -2.54. The van der Waals surface area contributed by atoms with Crippen LogP contribution in [0, 0.1) is 0 Å². The summed E-state index contributed by atoms with van der Waals surface area (Å²) >= 11 is 0. The van der Waals surface area contributed by atoms with Crippen LogP contribution in [-0.4, -0.2) is 105 Å². The Morgan fingerprint density at radius 3 is 1.92 bits per heavy atom. The summed E-state index contributed by atoms with van der Waals surface area (Å²) in [6, 6.07) is 16.9. The van der Waals surface area contributed by atoms with E-state index in [9.17, 15) is 9.59 Å². The SMILES string of the molecule is CCCCCCCCCCCCN(C)C(CC)(Cc1ccc(C(C)C(=O)N2CCNCC2)cc1)C(=O)c1ccc(N2CCN(C)CC2)cc1. The molecule has 49 heavy (non-hydrogen) atoms. The first-order valence-electron chi connectivity index (χ1n) is 19.7. The second-order valence-electron chi connectivity index (χ2n) is 14.9. The van der Waals surface area contributed by atoms with E-state index in [-0.39, 0.29) is 17.6 Å². The number of unbranched alkanes of at least 4 members (excludes halogenated alkanes) is 9. The van der Waals surface area contributed by atoms with Crippen molar-refractivity contribution in [3.05, 3.63) is 65.2 Å². The molecule has 1 N–H and O–H groups in total. The molecule has 2 aromatic carbocycles. The first-order valence-corrected chi connectivity index (χ1v) is 19.7. The minimum atomic E-state index is -0.640. The van der Waals surface area contributed by atoms with E-state index >= 15 is 0 Å². The monoisotopic (exact) mass is 674 g/mol. The van der Waals surface area contributed by atoms with Crippen molar-refractivity contribution in [3.8, 4) is 0 Å². The number of hydrogen-bond donors (Lipinski definition) is 1. The van der Waals surface area contributed by atoms with Crippen LogP contribution in [-0.2, 0) is 11.2 Å². The van der Waals surface area contributed by atoms with E-state index in [1.54, 1.807) is 0 Å². The first-order chi connectivity index (χ1) is 23.8. The van der Waals surface area contributed by atoms with E-state index in [4.69, 9.17) is 0 Å². The summed E-state index contributed by atoms with van der Waals surface area (Å²) in [4.78, 5) is 37.0. The molecule has 2 aliphatic heterocycles. The number of likely N-dealkylation sites (N-methyl/N-ethyl adjacent to an activating group) is 2. The Morgan fingerprint density at radius 2 is 1.35 bits per heavy atom. The fourth-order valence-corrected chi connectivity index (χ4v) is 7.71. The number of anilines is 1. The van der Waals surface area contributed by atoms with Crippen LogP contribution in [0.3, 0.4) is 0 Å². The van der Waals surface area contributed by atoms with Gasteiger partial charge in [-0.1, -0.05) is 95.9 Å². The summed E-state index contributed by atoms with van der Waals surface area (Å²) in [6.45, 7) is 14.8. The largest absolute Gasteiger partial charge is 0.369 e. The van der Waals surface area contributed by atoms with Crippen LogP contribution < -0.4 is 10.2 Å². The topological polar surface area (TPSA) is 59.1 Å². The Hall–Kier alpha value is -2.74. The normalized spacial score (nSPS) is 17.7. The van der Waals surface area contributed by atoms with Crippen LogP contribution in [0.25, 0.3) is 0 Å². The molecule has 0 radical (unpaired) electrons. The fourth-order valence-electron chi connectivity index (χ4n) is 7.71. The smallest absolute Gasteiger partial charge is 0.229 e. The Morgan fingerprint density at radius 1 is 0.776 bits per heavy atom. The molecule has 0 aliphatic carbocycles. The average Bonchev–Trinajstić information content (AvgIpc) is 3.14. The van der Waals surface area contributed by atoms with Crippen LogP contribution in [0.5, 0.6) is 0 Å². The van der Waals surface area contributed by atoms with Crippen molar-refractivity contribution in [3.63, 3.8) is 0 Å². The lowest BCUT2D eigenvalue weighted by atomic mass is 9.79. The number of carbonyl (C=O) groups excluding carboxylic acids is 2. The van der Waals surface area contributed by atoms with E-state index < -0.39 is 5.54 Å². The van der Waals surface area contributed by atoms with Gasteiger partial charge in [-0.3, -0.25) is 14.5 Å². The molecule has 2 atom stereocenters. The Balaban J connectivity index is 1.45. The molecule has 2 aliphatic rings. The summed E-state index contributed by atoms with van der Waals surface area (Å²) in [5.74, 6) is 0.229. The van der Waals surface area contributed by atoms with Gasteiger partial charge in [0.1, 0.15) is 0 Å². The van der Waals surface area contributed by atoms with Crippen molar-refractivity contribution >= 4 is 17.4 Å². The molecule has 1 amide bonds. The first kappa shape index (κ1) is 39.1. The number of nitrogens with one attached hydrogen (secondary N) is 1. The Labute approximate surface area is 298 Å². The van der Waals surface area contributed by atoms with Crippen LogP contribution >= 0.6 is 0 Å². The number of rotatable bonds is 20. The minimum absolute atomic E-state index is 0.178. The quantitative estimate of drug-likeness (QED) is 0.117. The van der Waals surface area contributed by atoms with E-state index in [1.165, 1.54) is 63.5 Å². The lowest BCUT2D eigenvalue weighted by molar-refractivity contribution is -0.133. The number of hydrogen-bond acceptors (Lipinski definition) is 6. The number of ketones is 1. The molecule has 0 bridgehead atoms. The second-order valence-corrected chi connectivity index (χ2v) is 14.9. The average molecular weight is 674 g/mol. The van der Waals surface area contributed by atoms with Crippen molar-refractivity contribution in [1.82, 2.24) is 20.0 Å². The van der Waals surface area contributed by atoms with Gasteiger partial charge in [-0.05, 0) is 82.2 Å². The third-order valence-corrected chi connectivity index (χ3v) is 11.4. The van der Waals surface area contributed by atoms with Gasteiger partial charge in [-0.25, -0.2) is 0 Å². The molecule has 7 heteroatoms. The highest BCUT2D eigenvalue weighted by molar-refractivity contribution is 6.03. The standard InChI is InChI=1S/C42H67N5O2/c1-6-8-9-10-11-12-13-14-15-16-27-45(5)42(7-2,40(48)38-21-23-39(24-22-38)46-32-30-44(4)31-33-46)34-36-17-19-37(20-18-36)35(3)41(49)47-28-25-43-26-29-47/h17-24,35,43H,6-16,25-34H2,1-5H3. The van der Waals surface area contributed by atoms with Crippen LogP contribution in [0.2, 0.25) is 0 Å². The summed E-state index contributed by atoms with van der Waals surface area (Å²) in [6.07, 6.45) is 14.4. The van der Waals surface area contributed by atoms with Gasteiger partial charge in [-0.15, -0.1) is 0 Å². The predicted octanol–water partition coefficient (Wildman–Crippen LogP) is 7.40. The van der Waals surface area contributed by atoms with E-state index in [0.29, 0.717) is 6.42 Å². The molecular weight excluding hydrogens is 606 g/mol. The van der Waals surface area contributed by atoms with Gasteiger partial charge < -0.3 is 20.0 Å². The Kier molecular flexibility index (Phi) is 16.1. The van der Waals surface area contributed by atoms with E-state index in [2.05, 4.69) is 96.5 Å². The minimum Gasteiger partial charge on any atom is -0.369 e. The third kappa shape index (κ3) is 11.1. The highest BCUT2D eigenvalue weighted by Crippen LogP contribution is 2.31. The molecule has 2 heterocycles. The molecule has 7 nitrogen and oxygen atoms in total. The maximum absolute atomic E-state index is 14.7. The number of Topliss-reactive ketones (excluding diaryl/α,β-unsaturated/α-hetero) is 1. The van der Waals surface area contributed by atoms with Crippen molar-refractivity contribution in [2.45, 2.75) is 109 Å². The number of amides is 1. The van der Waals surface area contributed by atoms with Gasteiger partial charge >= 0.3 is 0 Å². The number of piperazine rings is 2. The highest BCUT2D eigenvalue weighted by atomic mass is 16.2. The van der Waals surface area contributed by atoms with Gasteiger partial charge in [0.05, 0.1) is 11.5 Å². The molecule has 2 saturated heterocycles. The van der Waals surface area contributed by atoms with Crippen molar-refractivity contribution in [2.75, 3.05) is 77.9 Å². The zero-order valence-corrected chi connectivity index (χ0v) is 31.7. The zero-order valence-electron chi connectivity index (χ0n) is 31.7. The number of benzene rings is 2. The molecule has 272 valence electrons. The molecule has 0 saturated carbocycles. The van der Waals surface area contributed by atoms with Crippen molar-refractivity contribution in [1.29, 1.82) is 0 Å². The third-order valence-electron chi connectivity index (χ3n) is 11.4. The second kappa shape index (κ2) is 20.2. The highest BCUT2D eigenvalue weighted by Gasteiger charge is 2.41. The fraction of sp³-hybridized carbons (Fsp3) is 0.667. The van der Waals surface area contributed by atoms with Crippen molar-refractivity contribution in [2.24, 2.45) is 0 Å². The van der Waals surface area contributed by atoms with Gasteiger partial charge in [0.15, 0.2) is 5.78 Å². The van der Waals surface area contributed by atoms with E-state index in [1.807, 2.05) is 11.8 Å². The maximum Gasteiger partial charge on any atom is 0.229 e. The van der Waals surface area contributed by atoms with E-state index in [0.717, 1.165) is 88.4 Å². The van der Waals surface area contributed by atoms with Crippen LogP contribution in [0.1, 0.15) is 119 Å². The molecule has 0 spiro atoms. The molecule has 2 fully saturated rings. The number of carbonyl (C=O) groups is 2. The van der Waals surface area contributed by atoms with Gasteiger partial charge in [-0.2, -0.15) is 0 Å². The molecular formula is C42H67N5O2. The summed E-state index contributed by atoms with van der Waals surface area (Å²) in [5.41, 5.74) is 3.54. The van der Waals surface area contributed by atoms with Gasteiger partial charge in [0, 0.05) is 63.6 Å². The summed E-state index contributed by atoms with van der Waals surface area (Å²) < 4.78 is 0. The Bertz CT molecular complexity index is 1250. The summed E-state index contributed by atoms with van der Waals surface area (Å²) in [7, 11) is 4.34. The maximum atomic E-state index is 14.7. The van der Waals surface area contributed by atoms with Crippen LogP contribution in [0.4, 0.5) is 5.69 Å². The van der Waals surface area contributed by atoms with Crippen LogP contribution in [0.15, 0.2) is 48.5 Å². The van der Waals surface area contributed by atoms with Gasteiger partial charge in [0.2, 0.25) is 5.91 Å². The van der Waals surface area contributed by atoms with Gasteiger partial charge in [0.25, 0.3) is 0 Å². The molecule has 0 aromatic heterocycles. The number of nitrogens with zero attached hydrogens (tertiary/aromatic N) is 4. The predicted molar refractivity (Wildman–Crippen MR) is 206 cm³/mol. The van der Waals surface area contributed by atoms with Crippen molar-refractivity contribution < 1.29 is 9.59 Å². The molecule has 4 rings (SSSR count). The lowest BCUT2D eigenvalue weighted by Gasteiger charge is -2.41. The molecule has 2 aromatic rings.